The Hall–Kier alpha value is -2.28. The van der Waals surface area contributed by atoms with E-state index in [0.717, 1.165) is 18.4 Å². The number of piperazine rings is 1. The maximum absolute atomic E-state index is 13.9. The number of rotatable bonds is 3. The highest BCUT2D eigenvalue weighted by Crippen LogP contribution is 2.24. The fraction of sp³-hybridized carbons (Fsp3) is 0.375. The first-order valence-electron chi connectivity index (χ1n) is 7.58. The summed E-state index contributed by atoms with van der Waals surface area (Å²) in [5.41, 5.74) is -0.229. The van der Waals surface area contributed by atoms with Crippen molar-refractivity contribution >= 4 is 5.91 Å². The molecule has 7 heteroatoms. The molecule has 2 heterocycles. The average molecular weight is 320 g/mol. The molecule has 1 aromatic carbocycles. The predicted molar refractivity (Wildman–Crippen MR) is 80.8 cm³/mol. The van der Waals surface area contributed by atoms with Crippen LogP contribution in [0.15, 0.2) is 30.6 Å². The summed E-state index contributed by atoms with van der Waals surface area (Å²) >= 11 is 0. The van der Waals surface area contributed by atoms with E-state index in [4.69, 9.17) is 0 Å². The van der Waals surface area contributed by atoms with Crippen molar-refractivity contribution in [1.82, 2.24) is 19.8 Å². The van der Waals surface area contributed by atoms with Crippen LogP contribution >= 0.6 is 0 Å². The number of aromatic nitrogens is 2. The Morgan fingerprint density at radius 2 is 2.22 bits per heavy atom. The van der Waals surface area contributed by atoms with E-state index in [9.17, 15) is 13.6 Å². The number of benzene rings is 1. The number of amides is 1. The van der Waals surface area contributed by atoms with Gasteiger partial charge in [-0.2, -0.15) is 0 Å². The third-order valence-corrected chi connectivity index (χ3v) is 4.20. The number of likely N-dealkylation sites (N-methyl/N-ethyl adjacent to an activating group) is 1. The summed E-state index contributed by atoms with van der Waals surface area (Å²) in [4.78, 5) is 23.6. The molecular weight excluding hydrogens is 302 g/mol. The number of nitrogens with zero attached hydrogens (tertiary/aromatic N) is 3. The van der Waals surface area contributed by atoms with Crippen LogP contribution in [-0.2, 0) is 0 Å². The Labute approximate surface area is 132 Å². The summed E-state index contributed by atoms with van der Waals surface area (Å²) < 4.78 is 27.2. The van der Waals surface area contributed by atoms with Gasteiger partial charge in [-0.05, 0) is 18.7 Å². The lowest BCUT2D eigenvalue weighted by Gasteiger charge is -2.40. The van der Waals surface area contributed by atoms with Crippen molar-refractivity contribution in [3.63, 3.8) is 0 Å². The molecule has 0 radical (unpaired) electrons. The van der Waals surface area contributed by atoms with Gasteiger partial charge in [-0.1, -0.05) is 13.0 Å². The number of carbonyl (C=O) groups is 1. The summed E-state index contributed by atoms with van der Waals surface area (Å²) in [7, 11) is 0. The second-order valence-corrected chi connectivity index (χ2v) is 5.47. The van der Waals surface area contributed by atoms with Gasteiger partial charge in [0.25, 0.3) is 5.91 Å². The highest BCUT2D eigenvalue weighted by molar-refractivity contribution is 5.94. The Bertz CT molecular complexity index is 689. The van der Waals surface area contributed by atoms with Gasteiger partial charge in [0.05, 0.1) is 11.6 Å². The van der Waals surface area contributed by atoms with Gasteiger partial charge in [0.15, 0.2) is 11.6 Å². The SMILES string of the molecule is CCN1CCN(C(=O)c2cccc(F)c2F)C[C@H]1c1ncc[nH]1. The minimum atomic E-state index is -1.09. The molecule has 1 aliphatic rings. The van der Waals surface area contributed by atoms with E-state index in [1.54, 1.807) is 17.3 Å². The van der Waals surface area contributed by atoms with Crippen molar-refractivity contribution in [3.8, 4) is 0 Å². The minimum Gasteiger partial charge on any atom is -0.347 e. The Balaban J connectivity index is 1.83. The van der Waals surface area contributed by atoms with Gasteiger partial charge in [-0.3, -0.25) is 9.69 Å². The zero-order valence-electron chi connectivity index (χ0n) is 12.8. The highest BCUT2D eigenvalue weighted by Gasteiger charge is 2.32. The van der Waals surface area contributed by atoms with Gasteiger partial charge in [0, 0.05) is 32.0 Å². The standard InChI is InChI=1S/C16H18F2N4O/c1-2-21-8-9-22(10-13(21)15-19-6-7-20-15)16(23)11-4-3-5-12(17)14(11)18/h3-7,13H,2,8-10H2,1H3,(H,19,20)/t13-/m0/s1. The molecule has 0 spiro atoms. The van der Waals surface area contributed by atoms with Crippen LogP contribution < -0.4 is 0 Å². The van der Waals surface area contributed by atoms with E-state index in [0.29, 0.717) is 19.6 Å². The monoisotopic (exact) mass is 320 g/mol. The molecule has 0 saturated carbocycles. The maximum atomic E-state index is 13.9. The van der Waals surface area contributed by atoms with Gasteiger partial charge < -0.3 is 9.88 Å². The van der Waals surface area contributed by atoms with Crippen molar-refractivity contribution in [2.24, 2.45) is 0 Å². The highest BCUT2D eigenvalue weighted by atomic mass is 19.2. The minimum absolute atomic E-state index is 0.0793. The summed E-state index contributed by atoms with van der Waals surface area (Å²) in [6.45, 7) is 4.38. The van der Waals surface area contributed by atoms with Gasteiger partial charge in [0.1, 0.15) is 5.82 Å². The molecule has 1 aromatic heterocycles. The van der Waals surface area contributed by atoms with Crippen LogP contribution in [0.2, 0.25) is 0 Å². The van der Waals surface area contributed by atoms with Gasteiger partial charge in [0.2, 0.25) is 0 Å². The number of carbonyl (C=O) groups excluding carboxylic acids is 1. The van der Waals surface area contributed by atoms with E-state index in [-0.39, 0.29) is 11.6 Å². The Kier molecular flexibility index (Phi) is 4.38. The lowest BCUT2D eigenvalue weighted by molar-refractivity contribution is 0.0475. The van der Waals surface area contributed by atoms with Gasteiger partial charge >= 0.3 is 0 Å². The molecule has 1 amide bonds. The summed E-state index contributed by atoms with van der Waals surface area (Å²) in [5, 5.41) is 0. The number of halogens is 2. The van der Waals surface area contributed by atoms with Gasteiger partial charge in [-0.25, -0.2) is 13.8 Å². The molecule has 0 bridgehead atoms. The van der Waals surface area contributed by atoms with Crippen molar-refractivity contribution < 1.29 is 13.6 Å². The van der Waals surface area contributed by atoms with Crippen molar-refractivity contribution in [2.45, 2.75) is 13.0 Å². The van der Waals surface area contributed by atoms with E-state index in [1.807, 2.05) is 6.92 Å². The third kappa shape index (κ3) is 2.96. The first-order valence-corrected chi connectivity index (χ1v) is 7.58. The molecule has 5 nitrogen and oxygen atoms in total. The van der Waals surface area contributed by atoms with E-state index in [2.05, 4.69) is 14.9 Å². The normalized spacial score (nSPS) is 19.1. The molecule has 1 N–H and O–H groups in total. The molecule has 2 aromatic rings. The second kappa shape index (κ2) is 6.45. The molecule has 0 aliphatic carbocycles. The third-order valence-electron chi connectivity index (χ3n) is 4.20. The first kappa shape index (κ1) is 15.6. The summed E-state index contributed by atoms with van der Waals surface area (Å²) in [6.07, 6.45) is 3.40. The zero-order valence-corrected chi connectivity index (χ0v) is 12.8. The van der Waals surface area contributed by atoms with Crippen molar-refractivity contribution in [1.29, 1.82) is 0 Å². The van der Waals surface area contributed by atoms with Crippen LogP contribution in [0.5, 0.6) is 0 Å². The number of aromatic amines is 1. The number of H-pyrrole nitrogens is 1. The quantitative estimate of drug-likeness (QED) is 0.943. The second-order valence-electron chi connectivity index (χ2n) is 5.47. The van der Waals surface area contributed by atoms with Crippen LogP contribution in [0.1, 0.15) is 29.1 Å². The topological polar surface area (TPSA) is 52.2 Å². The maximum Gasteiger partial charge on any atom is 0.257 e. The molecule has 3 rings (SSSR count). The van der Waals surface area contributed by atoms with E-state index >= 15 is 0 Å². The average Bonchev–Trinajstić information content (AvgIpc) is 3.10. The molecule has 1 saturated heterocycles. The van der Waals surface area contributed by atoms with Crippen LogP contribution in [-0.4, -0.2) is 51.9 Å². The summed E-state index contributed by atoms with van der Waals surface area (Å²) in [6, 6.07) is 3.59. The van der Waals surface area contributed by atoms with Crippen LogP contribution in [0, 0.1) is 11.6 Å². The lowest BCUT2D eigenvalue weighted by Crippen LogP contribution is -2.50. The van der Waals surface area contributed by atoms with Gasteiger partial charge in [-0.15, -0.1) is 0 Å². The zero-order chi connectivity index (χ0) is 16.4. The number of hydrogen-bond acceptors (Lipinski definition) is 3. The Morgan fingerprint density at radius 3 is 2.91 bits per heavy atom. The van der Waals surface area contributed by atoms with Crippen molar-refractivity contribution in [2.75, 3.05) is 26.2 Å². The number of imidazole rings is 1. The van der Waals surface area contributed by atoms with E-state index < -0.39 is 17.5 Å². The predicted octanol–water partition coefficient (Wildman–Crippen LogP) is 2.21. The fourth-order valence-electron chi connectivity index (χ4n) is 2.94. The molecule has 1 fully saturated rings. The first-order chi connectivity index (χ1) is 11.1. The van der Waals surface area contributed by atoms with Crippen LogP contribution in [0.3, 0.4) is 0 Å². The van der Waals surface area contributed by atoms with E-state index in [1.165, 1.54) is 12.1 Å². The molecule has 23 heavy (non-hydrogen) atoms. The molecular formula is C16H18F2N4O. The lowest BCUT2D eigenvalue weighted by atomic mass is 10.1. The smallest absolute Gasteiger partial charge is 0.257 e. The largest absolute Gasteiger partial charge is 0.347 e. The molecule has 0 unspecified atom stereocenters. The molecule has 1 atom stereocenters. The molecule has 1 aliphatic heterocycles. The Morgan fingerprint density at radius 1 is 1.39 bits per heavy atom. The number of nitrogens with one attached hydrogen (secondary N) is 1. The fourth-order valence-corrected chi connectivity index (χ4v) is 2.94. The van der Waals surface area contributed by atoms with Crippen LogP contribution in [0.4, 0.5) is 8.78 Å². The van der Waals surface area contributed by atoms with Crippen LogP contribution in [0.25, 0.3) is 0 Å². The molecule has 122 valence electrons. The van der Waals surface area contributed by atoms with Crippen molar-refractivity contribution in [3.05, 3.63) is 53.6 Å². The number of hydrogen-bond donors (Lipinski definition) is 1. The summed E-state index contributed by atoms with van der Waals surface area (Å²) in [5.74, 6) is -1.83.